The lowest BCUT2D eigenvalue weighted by Gasteiger charge is -2.18. The maximum Gasteiger partial charge on any atom is 0.339 e. The summed E-state index contributed by atoms with van der Waals surface area (Å²) in [6.07, 6.45) is -1.55. The molecule has 0 fully saturated rings. The molecule has 2 aromatic carbocycles. The molecule has 0 amide bonds. The first-order valence-electron chi connectivity index (χ1n) is 6.32. The first kappa shape index (κ1) is 12.7. The summed E-state index contributed by atoms with van der Waals surface area (Å²) >= 11 is 0. The van der Waals surface area contributed by atoms with Crippen molar-refractivity contribution in [2.75, 3.05) is 7.11 Å². The molecule has 1 N–H and O–H groups in total. The first-order valence-corrected chi connectivity index (χ1v) is 6.32. The summed E-state index contributed by atoms with van der Waals surface area (Å²) in [5, 5.41) is 10.4. The zero-order chi connectivity index (χ0) is 14.1. The van der Waals surface area contributed by atoms with Crippen molar-refractivity contribution >= 4 is 5.97 Å². The van der Waals surface area contributed by atoms with Crippen LogP contribution >= 0.6 is 0 Å². The van der Waals surface area contributed by atoms with Crippen LogP contribution in [0, 0.1) is 0 Å². The molecule has 0 spiro atoms. The highest BCUT2D eigenvalue weighted by Crippen LogP contribution is 2.39. The van der Waals surface area contributed by atoms with Crippen LogP contribution in [0.3, 0.4) is 0 Å². The van der Waals surface area contributed by atoms with Crippen LogP contribution in [0.2, 0.25) is 0 Å². The number of methoxy groups -OCH3 is 1. The molecule has 4 heteroatoms. The van der Waals surface area contributed by atoms with Crippen molar-refractivity contribution in [3.05, 3.63) is 65.2 Å². The fourth-order valence-electron chi connectivity index (χ4n) is 2.38. The van der Waals surface area contributed by atoms with E-state index in [1.54, 1.807) is 49.6 Å². The van der Waals surface area contributed by atoms with Crippen LogP contribution in [-0.4, -0.2) is 18.2 Å². The Morgan fingerprint density at radius 1 is 1.15 bits per heavy atom. The lowest BCUT2D eigenvalue weighted by Crippen LogP contribution is -2.10. The molecule has 0 aliphatic carbocycles. The number of rotatable bonds is 3. The molecule has 102 valence electrons. The van der Waals surface area contributed by atoms with Crippen LogP contribution < -0.4 is 4.74 Å². The number of carbonyl (C=O) groups is 1. The van der Waals surface area contributed by atoms with Gasteiger partial charge in [0.05, 0.1) is 12.7 Å². The van der Waals surface area contributed by atoms with E-state index in [1.807, 2.05) is 6.07 Å². The molecule has 1 aliphatic rings. The summed E-state index contributed by atoms with van der Waals surface area (Å²) < 4.78 is 10.4. The van der Waals surface area contributed by atoms with Gasteiger partial charge in [-0.2, -0.15) is 0 Å². The molecule has 2 aromatic rings. The number of esters is 1. The minimum absolute atomic E-state index is 0.391. The molecule has 1 heterocycles. The second-order valence-corrected chi connectivity index (χ2v) is 4.63. The highest BCUT2D eigenvalue weighted by molar-refractivity contribution is 5.94. The number of aliphatic hydroxyl groups excluding tert-OH is 1. The molecular weight excluding hydrogens is 256 g/mol. The number of aliphatic hydroxyl groups is 1. The van der Waals surface area contributed by atoms with E-state index < -0.39 is 18.2 Å². The number of benzene rings is 2. The molecule has 2 atom stereocenters. The van der Waals surface area contributed by atoms with Gasteiger partial charge in [-0.3, -0.25) is 0 Å². The van der Waals surface area contributed by atoms with Gasteiger partial charge in [0, 0.05) is 5.56 Å². The summed E-state index contributed by atoms with van der Waals surface area (Å²) in [4.78, 5) is 11.8. The fraction of sp³-hybridized carbons (Fsp3) is 0.188. The summed E-state index contributed by atoms with van der Waals surface area (Å²) in [6.45, 7) is 0. The maximum atomic E-state index is 11.8. The number of fused-ring (bicyclic) bond motifs is 1. The van der Waals surface area contributed by atoms with Gasteiger partial charge in [-0.05, 0) is 23.8 Å². The van der Waals surface area contributed by atoms with Crippen molar-refractivity contribution in [2.24, 2.45) is 0 Å². The zero-order valence-electron chi connectivity index (χ0n) is 10.9. The third kappa shape index (κ3) is 2.04. The molecule has 0 radical (unpaired) electrons. The monoisotopic (exact) mass is 270 g/mol. The molecule has 4 nitrogen and oxygen atoms in total. The van der Waals surface area contributed by atoms with Crippen molar-refractivity contribution in [1.82, 2.24) is 0 Å². The Balaban J connectivity index is 1.91. The van der Waals surface area contributed by atoms with Gasteiger partial charge in [0.2, 0.25) is 0 Å². The van der Waals surface area contributed by atoms with Crippen LogP contribution in [0.4, 0.5) is 0 Å². The molecule has 1 aliphatic heterocycles. The topological polar surface area (TPSA) is 55.8 Å². The summed E-state index contributed by atoms with van der Waals surface area (Å²) in [5.41, 5.74) is 1.92. The van der Waals surface area contributed by atoms with Gasteiger partial charge in [0.1, 0.15) is 11.9 Å². The Labute approximate surface area is 116 Å². The average molecular weight is 270 g/mol. The van der Waals surface area contributed by atoms with Crippen LogP contribution in [0.25, 0.3) is 0 Å². The third-order valence-electron chi connectivity index (χ3n) is 3.47. The Hall–Kier alpha value is -2.33. The average Bonchev–Trinajstić information content (AvgIpc) is 2.84. The van der Waals surface area contributed by atoms with E-state index in [0.717, 1.165) is 5.56 Å². The van der Waals surface area contributed by atoms with Crippen molar-refractivity contribution < 1.29 is 19.4 Å². The van der Waals surface area contributed by atoms with Gasteiger partial charge in [0.15, 0.2) is 6.10 Å². The van der Waals surface area contributed by atoms with E-state index in [4.69, 9.17) is 9.47 Å². The van der Waals surface area contributed by atoms with E-state index >= 15 is 0 Å². The first-order chi connectivity index (χ1) is 9.70. The van der Waals surface area contributed by atoms with Crippen LogP contribution in [0.5, 0.6) is 5.75 Å². The van der Waals surface area contributed by atoms with Crippen LogP contribution in [-0.2, 0) is 4.74 Å². The Kier molecular flexibility index (Phi) is 3.16. The number of hydrogen-bond acceptors (Lipinski definition) is 4. The van der Waals surface area contributed by atoms with Gasteiger partial charge in [0.25, 0.3) is 0 Å². The molecular formula is C16H14O4. The minimum atomic E-state index is -0.895. The molecule has 0 saturated carbocycles. The molecule has 0 bridgehead atoms. The largest absolute Gasteiger partial charge is 0.497 e. The van der Waals surface area contributed by atoms with Crippen LogP contribution in [0.1, 0.15) is 33.7 Å². The summed E-state index contributed by atoms with van der Waals surface area (Å²) in [6, 6.07) is 14.2. The maximum absolute atomic E-state index is 11.8. The second-order valence-electron chi connectivity index (χ2n) is 4.63. The van der Waals surface area contributed by atoms with Crippen molar-refractivity contribution in [2.45, 2.75) is 12.2 Å². The Morgan fingerprint density at radius 2 is 1.85 bits per heavy atom. The van der Waals surface area contributed by atoms with E-state index in [0.29, 0.717) is 16.9 Å². The van der Waals surface area contributed by atoms with Gasteiger partial charge in [-0.15, -0.1) is 0 Å². The van der Waals surface area contributed by atoms with Gasteiger partial charge >= 0.3 is 5.97 Å². The number of ether oxygens (including phenoxy) is 2. The Morgan fingerprint density at radius 3 is 2.55 bits per heavy atom. The quantitative estimate of drug-likeness (QED) is 0.871. The van der Waals surface area contributed by atoms with Crippen molar-refractivity contribution in [3.8, 4) is 5.75 Å². The molecule has 0 unspecified atom stereocenters. The normalized spacial score (nSPS) is 18.3. The SMILES string of the molecule is COc1ccc([C@H](O)[C@@H]2OC(=O)c3ccccc32)cc1. The highest BCUT2D eigenvalue weighted by Gasteiger charge is 2.36. The van der Waals surface area contributed by atoms with Crippen LogP contribution in [0.15, 0.2) is 48.5 Å². The molecule has 0 aromatic heterocycles. The predicted octanol–water partition coefficient (Wildman–Crippen LogP) is 2.64. The molecule has 20 heavy (non-hydrogen) atoms. The van der Waals surface area contributed by atoms with Crippen molar-refractivity contribution in [1.29, 1.82) is 0 Å². The number of hydrogen-bond donors (Lipinski definition) is 1. The van der Waals surface area contributed by atoms with E-state index in [9.17, 15) is 9.90 Å². The minimum Gasteiger partial charge on any atom is -0.497 e. The molecule has 0 saturated heterocycles. The van der Waals surface area contributed by atoms with E-state index in [-0.39, 0.29) is 0 Å². The van der Waals surface area contributed by atoms with Crippen molar-refractivity contribution in [3.63, 3.8) is 0 Å². The highest BCUT2D eigenvalue weighted by atomic mass is 16.6. The van der Waals surface area contributed by atoms with E-state index in [2.05, 4.69) is 0 Å². The van der Waals surface area contributed by atoms with Gasteiger partial charge < -0.3 is 14.6 Å². The zero-order valence-corrected chi connectivity index (χ0v) is 10.9. The lowest BCUT2D eigenvalue weighted by molar-refractivity contribution is -0.0102. The lowest BCUT2D eigenvalue weighted by atomic mass is 9.97. The number of carbonyl (C=O) groups excluding carboxylic acids is 1. The summed E-state index contributed by atoms with van der Waals surface area (Å²) in [7, 11) is 1.58. The number of cyclic esters (lactones) is 1. The predicted molar refractivity (Wildman–Crippen MR) is 72.6 cm³/mol. The fourth-order valence-corrected chi connectivity index (χ4v) is 2.38. The molecule has 3 rings (SSSR count). The smallest absolute Gasteiger partial charge is 0.339 e. The standard InChI is InChI=1S/C16H14O4/c1-19-11-8-6-10(7-9-11)14(17)15-12-4-2-3-5-13(12)16(18)20-15/h2-9,14-15,17H,1H3/t14-,15+/m0/s1. The van der Waals surface area contributed by atoms with E-state index in [1.165, 1.54) is 0 Å². The second kappa shape index (κ2) is 4.98. The summed E-state index contributed by atoms with van der Waals surface area (Å²) in [5.74, 6) is 0.322. The third-order valence-corrected chi connectivity index (χ3v) is 3.47. The van der Waals surface area contributed by atoms with Gasteiger partial charge in [-0.1, -0.05) is 30.3 Å². The van der Waals surface area contributed by atoms with Gasteiger partial charge in [-0.25, -0.2) is 4.79 Å². The Bertz CT molecular complexity index is 633.